The van der Waals surface area contributed by atoms with Crippen LogP contribution in [-0.4, -0.2) is 40.1 Å². The monoisotopic (exact) mass is 541 g/mol. The molecule has 1 amide bonds. The second-order valence-electron chi connectivity index (χ2n) is 9.25. The van der Waals surface area contributed by atoms with Gasteiger partial charge in [0, 0.05) is 30.0 Å². The van der Waals surface area contributed by atoms with Crippen molar-refractivity contribution in [1.29, 1.82) is 0 Å². The third-order valence-corrected chi connectivity index (χ3v) is 9.67. The molecule has 1 saturated heterocycles. The predicted octanol–water partition coefficient (Wildman–Crippen LogP) is 4.92. The zero-order valence-electron chi connectivity index (χ0n) is 20.9. The zero-order chi connectivity index (χ0) is 26.6. The molecule has 8 nitrogen and oxygen atoms in total. The van der Waals surface area contributed by atoms with E-state index >= 15 is 0 Å². The fourth-order valence-electron chi connectivity index (χ4n) is 4.19. The number of carbonyl (C=O) groups is 1. The number of rotatable bonds is 7. The van der Waals surface area contributed by atoms with Crippen LogP contribution in [0.5, 0.6) is 0 Å². The lowest BCUT2D eigenvalue weighted by Crippen LogP contribution is -2.32. The highest BCUT2D eigenvalue weighted by Gasteiger charge is 2.26. The second-order valence-corrected chi connectivity index (χ2v) is 12.9. The average molecular weight is 542 g/mol. The Kier molecular flexibility index (Phi) is 8.01. The van der Waals surface area contributed by atoms with Crippen molar-refractivity contribution in [2.75, 3.05) is 23.1 Å². The molecule has 2 N–H and O–H groups in total. The lowest BCUT2D eigenvalue weighted by Gasteiger charge is -2.20. The number of carbonyl (C=O) groups excluding carboxylic acids is 1. The van der Waals surface area contributed by atoms with E-state index in [1.165, 1.54) is 40.7 Å². The minimum Gasteiger partial charge on any atom is -0.322 e. The number of aryl methyl sites for hydroxylation is 2. The van der Waals surface area contributed by atoms with E-state index in [-0.39, 0.29) is 15.4 Å². The van der Waals surface area contributed by atoms with Crippen molar-refractivity contribution in [3.63, 3.8) is 0 Å². The molecule has 37 heavy (non-hydrogen) atoms. The molecule has 0 bridgehead atoms. The first-order chi connectivity index (χ1) is 17.6. The molecule has 0 saturated carbocycles. The van der Waals surface area contributed by atoms with Crippen LogP contribution in [0.25, 0.3) is 0 Å². The van der Waals surface area contributed by atoms with Crippen LogP contribution in [0.2, 0.25) is 0 Å². The fraction of sp³-hybridized carbons (Fsp3) is 0.296. The molecular formula is C27H31N3O5S2. The van der Waals surface area contributed by atoms with Crippen LogP contribution < -0.4 is 10.0 Å². The minimum absolute atomic E-state index is 0.0489. The number of benzene rings is 3. The summed E-state index contributed by atoms with van der Waals surface area (Å²) in [7, 11) is -7.50. The molecule has 10 heteroatoms. The molecule has 1 heterocycles. The lowest BCUT2D eigenvalue weighted by atomic mass is 10.1. The van der Waals surface area contributed by atoms with Gasteiger partial charge in [-0.3, -0.25) is 9.52 Å². The van der Waals surface area contributed by atoms with Crippen LogP contribution in [0.15, 0.2) is 76.5 Å². The molecule has 0 spiro atoms. The number of nitrogens with zero attached hydrogens (tertiary/aromatic N) is 1. The predicted molar refractivity (Wildman–Crippen MR) is 145 cm³/mol. The maximum Gasteiger partial charge on any atom is 0.261 e. The van der Waals surface area contributed by atoms with Crippen LogP contribution in [0.3, 0.4) is 0 Å². The van der Waals surface area contributed by atoms with E-state index in [1.54, 1.807) is 25.1 Å². The van der Waals surface area contributed by atoms with Crippen molar-refractivity contribution in [2.45, 2.75) is 49.3 Å². The van der Waals surface area contributed by atoms with Gasteiger partial charge in [-0.2, -0.15) is 4.31 Å². The molecule has 0 aliphatic carbocycles. The first kappa shape index (κ1) is 26.8. The molecule has 4 rings (SSSR count). The van der Waals surface area contributed by atoms with Crippen molar-refractivity contribution in [2.24, 2.45) is 0 Å². The summed E-state index contributed by atoms with van der Waals surface area (Å²) < 4.78 is 55.8. The van der Waals surface area contributed by atoms with Crippen LogP contribution in [0, 0.1) is 13.8 Å². The number of sulfonamides is 2. The molecule has 1 aliphatic rings. The molecule has 0 radical (unpaired) electrons. The van der Waals surface area contributed by atoms with Gasteiger partial charge in [-0.05, 0) is 80.8 Å². The molecule has 0 unspecified atom stereocenters. The zero-order valence-corrected chi connectivity index (χ0v) is 22.5. The summed E-state index contributed by atoms with van der Waals surface area (Å²) in [5.41, 5.74) is 2.73. The molecule has 3 aromatic carbocycles. The molecule has 0 atom stereocenters. The topological polar surface area (TPSA) is 113 Å². The normalized spacial score (nSPS) is 15.1. The number of hydrogen-bond acceptors (Lipinski definition) is 5. The van der Waals surface area contributed by atoms with E-state index < -0.39 is 26.0 Å². The Morgan fingerprint density at radius 2 is 1.30 bits per heavy atom. The van der Waals surface area contributed by atoms with Gasteiger partial charge in [0.15, 0.2) is 0 Å². The van der Waals surface area contributed by atoms with E-state index in [2.05, 4.69) is 10.0 Å². The van der Waals surface area contributed by atoms with Gasteiger partial charge in [0.25, 0.3) is 15.9 Å². The Morgan fingerprint density at radius 1 is 0.730 bits per heavy atom. The summed E-state index contributed by atoms with van der Waals surface area (Å²) in [4.78, 5) is 13.2. The standard InChI is InChI=1S/C27H31N3O5S2/c1-20-7-10-23(11-8-20)29-36(32,33)24-15-12-22(13-16-24)28-27(31)26-19-25(14-9-21(26)2)37(34,35)30-17-5-3-4-6-18-30/h7-16,19,29H,3-6,17-18H2,1-2H3,(H,28,31). The summed E-state index contributed by atoms with van der Waals surface area (Å²) in [6.07, 6.45) is 3.67. The summed E-state index contributed by atoms with van der Waals surface area (Å²) in [5.74, 6) is -0.473. The van der Waals surface area contributed by atoms with Gasteiger partial charge >= 0.3 is 0 Å². The van der Waals surface area contributed by atoms with Crippen LogP contribution >= 0.6 is 0 Å². The van der Waals surface area contributed by atoms with E-state index in [1.807, 2.05) is 19.1 Å². The van der Waals surface area contributed by atoms with E-state index in [0.717, 1.165) is 31.2 Å². The number of anilines is 2. The molecule has 196 valence electrons. The maximum absolute atomic E-state index is 13.2. The summed E-state index contributed by atoms with van der Waals surface area (Å²) >= 11 is 0. The second kappa shape index (κ2) is 11.0. The first-order valence-corrected chi connectivity index (χ1v) is 15.1. The van der Waals surface area contributed by atoms with Crippen LogP contribution in [0.1, 0.15) is 47.2 Å². The highest BCUT2D eigenvalue weighted by molar-refractivity contribution is 7.92. The Bertz CT molecular complexity index is 1480. The molecule has 0 aromatic heterocycles. The summed E-state index contributed by atoms with van der Waals surface area (Å²) in [5, 5.41) is 2.74. The van der Waals surface area contributed by atoms with Crippen molar-refractivity contribution < 1.29 is 21.6 Å². The summed E-state index contributed by atoms with van der Waals surface area (Å²) in [6.45, 7) is 4.61. The van der Waals surface area contributed by atoms with Gasteiger partial charge in [-0.25, -0.2) is 16.8 Å². The Balaban J connectivity index is 1.49. The molecule has 1 aliphatic heterocycles. The molecular weight excluding hydrogens is 510 g/mol. The Hall–Kier alpha value is -3.21. The van der Waals surface area contributed by atoms with Crippen molar-refractivity contribution >= 4 is 37.3 Å². The fourth-order valence-corrected chi connectivity index (χ4v) is 6.79. The van der Waals surface area contributed by atoms with Crippen LogP contribution in [0.4, 0.5) is 11.4 Å². The van der Waals surface area contributed by atoms with Gasteiger partial charge in [-0.15, -0.1) is 0 Å². The quantitative estimate of drug-likeness (QED) is 0.441. The van der Waals surface area contributed by atoms with Gasteiger partial charge in [0.05, 0.1) is 9.79 Å². The largest absolute Gasteiger partial charge is 0.322 e. The number of hydrogen-bond donors (Lipinski definition) is 2. The van der Waals surface area contributed by atoms with Gasteiger partial charge in [0.1, 0.15) is 0 Å². The average Bonchev–Trinajstić information content (AvgIpc) is 3.16. The van der Waals surface area contributed by atoms with Crippen molar-refractivity contribution in [3.05, 3.63) is 83.4 Å². The minimum atomic E-state index is -3.80. The van der Waals surface area contributed by atoms with E-state index in [4.69, 9.17) is 0 Å². The molecule has 1 fully saturated rings. The Labute approximate surface area is 218 Å². The summed E-state index contributed by atoms with van der Waals surface area (Å²) in [6, 6.07) is 17.4. The first-order valence-electron chi connectivity index (χ1n) is 12.2. The smallest absolute Gasteiger partial charge is 0.261 e. The lowest BCUT2D eigenvalue weighted by molar-refractivity contribution is 0.102. The number of nitrogens with one attached hydrogen (secondary N) is 2. The highest BCUT2D eigenvalue weighted by atomic mass is 32.2. The third kappa shape index (κ3) is 6.38. The highest BCUT2D eigenvalue weighted by Crippen LogP contribution is 2.24. The SMILES string of the molecule is Cc1ccc(NS(=O)(=O)c2ccc(NC(=O)c3cc(S(=O)(=O)N4CCCCCC4)ccc3C)cc2)cc1. The van der Waals surface area contributed by atoms with E-state index in [9.17, 15) is 21.6 Å². The third-order valence-electron chi connectivity index (χ3n) is 6.38. The van der Waals surface area contributed by atoms with Gasteiger partial charge < -0.3 is 5.32 Å². The van der Waals surface area contributed by atoms with Crippen LogP contribution in [-0.2, 0) is 20.0 Å². The van der Waals surface area contributed by atoms with Crippen molar-refractivity contribution in [1.82, 2.24) is 4.31 Å². The van der Waals surface area contributed by atoms with Gasteiger partial charge in [-0.1, -0.05) is 36.6 Å². The number of amides is 1. The Morgan fingerprint density at radius 3 is 1.92 bits per heavy atom. The van der Waals surface area contributed by atoms with Crippen molar-refractivity contribution in [3.8, 4) is 0 Å². The maximum atomic E-state index is 13.2. The van der Waals surface area contributed by atoms with Gasteiger partial charge in [0.2, 0.25) is 10.0 Å². The van der Waals surface area contributed by atoms with E-state index in [0.29, 0.717) is 30.0 Å². The molecule has 3 aromatic rings.